The number of aryl methyl sites for hydroxylation is 1. The highest BCUT2D eigenvalue weighted by Crippen LogP contribution is 2.26. The van der Waals surface area contributed by atoms with Gasteiger partial charge < -0.3 is 14.3 Å². The summed E-state index contributed by atoms with van der Waals surface area (Å²) >= 11 is 0. The molecule has 1 fully saturated rings. The number of benzene rings is 1. The third-order valence-corrected chi connectivity index (χ3v) is 8.06. The molecule has 4 aromatic rings. The van der Waals surface area contributed by atoms with E-state index in [0.717, 1.165) is 5.56 Å². The van der Waals surface area contributed by atoms with Crippen molar-refractivity contribution in [2.24, 2.45) is 13.0 Å². The number of carbonyl (C=O) groups is 1. The van der Waals surface area contributed by atoms with E-state index in [9.17, 15) is 18.0 Å². The second-order valence-corrected chi connectivity index (χ2v) is 10.5. The van der Waals surface area contributed by atoms with Crippen LogP contribution >= 0.6 is 0 Å². The Morgan fingerprint density at radius 3 is 2.83 bits per heavy atom. The fraction of sp³-hybridized carbons (Fsp3) is 0.348. The van der Waals surface area contributed by atoms with Crippen LogP contribution in [0.1, 0.15) is 18.7 Å². The quantitative estimate of drug-likeness (QED) is 0.386. The first-order chi connectivity index (χ1) is 17.3. The van der Waals surface area contributed by atoms with Crippen LogP contribution in [0.2, 0.25) is 0 Å². The molecule has 1 unspecified atom stereocenters. The molecule has 0 spiro atoms. The zero-order valence-corrected chi connectivity index (χ0v) is 20.3. The fourth-order valence-electron chi connectivity index (χ4n) is 4.21. The molecular weight excluding hydrogens is 488 g/mol. The summed E-state index contributed by atoms with van der Waals surface area (Å²) in [5.74, 6) is -0.441. The van der Waals surface area contributed by atoms with E-state index in [1.165, 1.54) is 21.0 Å². The molecule has 0 saturated carbocycles. The molecule has 188 valence electrons. The van der Waals surface area contributed by atoms with Crippen LogP contribution in [0, 0.1) is 5.92 Å². The molecule has 1 amide bonds. The lowest BCUT2D eigenvalue weighted by molar-refractivity contribution is -0.126. The number of nitrogens with one attached hydrogen (secondary N) is 1. The summed E-state index contributed by atoms with van der Waals surface area (Å²) in [7, 11) is -2.32. The minimum atomic E-state index is -3.87. The smallest absolute Gasteiger partial charge is 0.408 e. The minimum Gasteiger partial charge on any atom is -0.408 e. The third kappa shape index (κ3) is 4.66. The van der Waals surface area contributed by atoms with Crippen molar-refractivity contribution >= 4 is 27.0 Å². The van der Waals surface area contributed by atoms with Gasteiger partial charge in [0.25, 0.3) is 5.89 Å². The Morgan fingerprint density at radius 1 is 1.22 bits per heavy atom. The van der Waals surface area contributed by atoms with E-state index in [-0.39, 0.29) is 22.9 Å². The first-order valence-corrected chi connectivity index (χ1v) is 12.9. The number of hydrogen-bond donors (Lipinski definition) is 1. The minimum absolute atomic E-state index is 0.0208. The Balaban J connectivity index is 1.20. The number of fused-ring (bicyclic) bond motifs is 1. The summed E-state index contributed by atoms with van der Waals surface area (Å²) in [6, 6.07) is 7.85. The second-order valence-electron chi connectivity index (χ2n) is 8.55. The molecule has 0 radical (unpaired) electrons. The summed E-state index contributed by atoms with van der Waals surface area (Å²) in [5, 5.41) is 6.78. The number of hydrogen-bond acceptors (Lipinski definition) is 9. The molecule has 4 heterocycles. The maximum atomic E-state index is 13.2. The highest BCUT2D eigenvalue weighted by molar-refractivity contribution is 7.89. The number of rotatable bonds is 7. The molecule has 5 rings (SSSR count). The zero-order chi connectivity index (χ0) is 25.3. The maximum absolute atomic E-state index is 13.2. The first kappa shape index (κ1) is 23.9. The van der Waals surface area contributed by atoms with Crippen LogP contribution in [-0.4, -0.2) is 58.0 Å². The van der Waals surface area contributed by atoms with E-state index in [1.54, 1.807) is 37.6 Å². The van der Waals surface area contributed by atoms with Gasteiger partial charge in [-0.1, -0.05) is 5.16 Å². The Morgan fingerprint density at radius 2 is 2.03 bits per heavy atom. The van der Waals surface area contributed by atoms with Crippen molar-refractivity contribution in [1.29, 1.82) is 0 Å². The second kappa shape index (κ2) is 9.66. The van der Waals surface area contributed by atoms with Crippen LogP contribution in [0.4, 0.5) is 0 Å². The van der Waals surface area contributed by atoms with Crippen LogP contribution in [0.3, 0.4) is 0 Å². The topological polar surface area (TPSA) is 153 Å². The monoisotopic (exact) mass is 512 g/mol. The molecule has 1 N–H and O–H groups in total. The number of amides is 1. The zero-order valence-electron chi connectivity index (χ0n) is 19.5. The third-order valence-electron chi connectivity index (χ3n) is 6.20. The number of carbonyl (C=O) groups excluding carboxylic acids is 1. The SMILES string of the molecule is Cn1c(=O)oc2cc(S(=O)(=O)N3CCCC(C(=O)NCCc4noc(-c5ccncc5)n4)C3)ccc21. The molecule has 0 bridgehead atoms. The summed E-state index contributed by atoms with van der Waals surface area (Å²) < 4.78 is 39.5. The Kier molecular flexibility index (Phi) is 6.41. The highest BCUT2D eigenvalue weighted by atomic mass is 32.2. The van der Waals surface area contributed by atoms with Gasteiger partial charge in [-0.05, 0) is 37.1 Å². The van der Waals surface area contributed by atoms with Crippen LogP contribution in [0.5, 0.6) is 0 Å². The van der Waals surface area contributed by atoms with E-state index in [1.807, 2.05) is 0 Å². The van der Waals surface area contributed by atoms with Crippen molar-refractivity contribution in [3.63, 3.8) is 0 Å². The molecule has 3 aromatic heterocycles. The lowest BCUT2D eigenvalue weighted by atomic mass is 9.99. The lowest BCUT2D eigenvalue weighted by Crippen LogP contribution is -2.45. The van der Waals surface area contributed by atoms with E-state index in [4.69, 9.17) is 8.94 Å². The standard InChI is InChI=1S/C23H24N6O6S/c1-28-18-5-4-17(13-19(18)34-23(28)31)36(32,33)29-12-2-3-16(14-29)21(30)25-11-8-20-26-22(35-27-20)15-6-9-24-10-7-15/h4-7,9-10,13,16H,2-3,8,11-12,14H2,1H3,(H,25,30). The molecule has 1 aliphatic heterocycles. The summed E-state index contributed by atoms with van der Waals surface area (Å²) in [5.41, 5.74) is 1.46. The van der Waals surface area contributed by atoms with E-state index in [2.05, 4.69) is 20.4 Å². The predicted octanol–water partition coefficient (Wildman–Crippen LogP) is 1.34. The van der Waals surface area contributed by atoms with Crippen molar-refractivity contribution in [3.8, 4) is 11.5 Å². The van der Waals surface area contributed by atoms with Gasteiger partial charge in [0.05, 0.1) is 16.3 Å². The highest BCUT2D eigenvalue weighted by Gasteiger charge is 2.33. The molecule has 12 nitrogen and oxygen atoms in total. The number of aromatic nitrogens is 4. The molecule has 0 aliphatic carbocycles. The van der Waals surface area contributed by atoms with E-state index in [0.29, 0.717) is 49.6 Å². The molecule has 13 heteroatoms. The van der Waals surface area contributed by atoms with Gasteiger partial charge >= 0.3 is 5.76 Å². The van der Waals surface area contributed by atoms with Crippen molar-refractivity contribution in [2.45, 2.75) is 24.2 Å². The molecule has 1 saturated heterocycles. The van der Waals surface area contributed by atoms with Crippen LogP contribution < -0.4 is 11.1 Å². The van der Waals surface area contributed by atoms with Gasteiger partial charge in [0, 0.05) is 57.1 Å². The number of nitrogens with zero attached hydrogens (tertiary/aromatic N) is 5. The molecule has 1 aromatic carbocycles. The average molecular weight is 513 g/mol. The number of oxazole rings is 1. The predicted molar refractivity (Wildman–Crippen MR) is 127 cm³/mol. The summed E-state index contributed by atoms with van der Waals surface area (Å²) in [4.78, 5) is 32.8. The van der Waals surface area contributed by atoms with E-state index < -0.39 is 21.7 Å². The molecular formula is C23H24N6O6S. The largest absolute Gasteiger partial charge is 0.419 e. The summed E-state index contributed by atoms with van der Waals surface area (Å²) in [6.07, 6.45) is 4.77. The number of piperidine rings is 1. The van der Waals surface area contributed by atoms with Gasteiger partial charge in [0.2, 0.25) is 15.9 Å². The van der Waals surface area contributed by atoms with E-state index >= 15 is 0 Å². The molecule has 36 heavy (non-hydrogen) atoms. The maximum Gasteiger partial charge on any atom is 0.419 e. The normalized spacial score (nSPS) is 16.9. The first-order valence-electron chi connectivity index (χ1n) is 11.4. The van der Waals surface area contributed by atoms with Gasteiger partial charge in [0.15, 0.2) is 11.4 Å². The Bertz CT molecular complexity index is 1560. The van der Waals surface area contributed by atoms with Crippen molar-refractivity contribution in [2.75, 3.05) is 19.6 Å². The fourth-order valence-corrected chi connectivity index (χ4v) is 5.75. The number of sulfonamides is 1. The van der Waals surface area contributed by atoms with Gasteiger partial charge in [-0.15, -0.1) is 0 Å². The van der Waals surface area contributed by atoms with Crippen molar-refractivity contribution in [3.05, 3.63) is 59.1 Å². The van der Waals surface area contributed by atoms with Gasteiger partial charge in [-0.3, -0.25) is 14.3 Å². The molecule has 1 aliphatic rings. The van der Waals surface area contributed by atoms with Crippen molar-refractivity contribution in [1.82, 2.24) is 29.3 Å². The Labute approximate surface area is 206 Å². The number of pyridine rings is 1. The van der Waals surface area contributed by atoms with Gasteiger partial charge in [-0.25, -0.2) is 13.2 Å². The molecule has 1 atom stereocenters. The van der Waals surface area contributed by atoms with Gasteiger partial charge in [0.1, 0.15) is 0 Å². The van der Waals surface area contributed by atoms with Crippen molar-refractivity contribution < 1.29 is 22.2 Å². The average Bonchev–Trinajstić information content (AvgIpc) is 3.48. The lowest BCUT2D eigenvalue weighted by Gasteiger charge is -2.31. The van der Waals surface area contributed by atoms with Gasteiger partial charge in [-0.2, -0.15) is 9.29 Å². The van der Waals surface area contributed by atoms with Crippen LogP contribution in [0.25, 0.3) is 22.6 Å². The summed E-state index contributed by atoms with van der Waals surface area (Å²) in [6.45, 7) is 0.671. The Hall–Kier alpha value is -3.84. The van der Waals surface area contributed by atoms with Crippen LogP contribution in [0.15, 0.2) is 61.4 Å². The van der Waals surface area contributed by atoms with Crippen LogP contribution in [-0.2, 0) is 28.3 Å².